The zero-order valence-corrected chi connectivity index (χ0v) is 10.5. The lowest BCUT2D eigenvalue weighted by molar-refractivity contribution is 0.289. The van der Waals surface area contributed by atoms with E-state index in [0.29, 0.717) is 0 Å². The third kappa shape index (κ3) is 3.20. The van der Waals surface area contributed by atoms with Crippen molar-refractivity contribution < 1.29 is 5.11 Å². The molecule has 4 nitrogen and oxygen atoms in total. The second kappa shape index (κ2) is 6.25. The predicted molar refractivity (Wildman–Crippen MR) is 71.8 cm³/mol. The Kier molecular flexibility index (Phi) is 4.97. The fourth-order valence-corrected chi connectivity index (χ4v) is 1.99. The van der Waals surface area contributed by atoms with Crippen LogP contribution in [0.3, 0.4) is 0 Å². The van der Waals surface area contributed by atoms with Crippen LogP contribution in [0.15, 0.2) is 18.2 Å². The monoisotopic (exact) mass is 235 g/mol. The maximum atomic E-state index is 8.91. The van der Waals surface area contributed by atoms with Crippen molar-refractivity contribution in [2.75, 3.05) is 24.6 Å². The highest BCUT2D eigenvalue weighted by molar-refractivity contribution is 6.01. The van der Waals surface area contributed by atoms with Crippen LogP contribution in [0.25, 0.3) is 0 Å². The van der Waals surface area contributed by atoms with Crippen molar-refractivity contribution >= 4 is 11.5 Å². The van der Waals surface area contributed by atoms with Gasteiger partial charge in [-0.05, 0) is 31.9 Å². The van der Waals surface area contributed by atoms with Gasteiger partial charge in [-0.3, -0.25) is 5.41 Å². The predicted octanol–water partition coefficient (Wildman–Crippen LogP) is 1.49. The molecule has 94 valence electrons. The number of nitrogens with one attached hydrogen (secondary N) is 1. The number of nitrogen functional groups attached to an aromatic ring is 1. The molecule has 0 aromatic heterocycles. The third-order valence-corrected chi connectivity index (χ3v) is 2.81. The van der Waals surface area contributed by atoms with Gasteiger partial charge in [0.2, 0.25) is 0 Å². The van der Waals surface area contributed by atoms with Crippen molar-refractivity contribution in [1.82, 2.24) is 0 Å². The number of nitrogens with zero attached hydrogens (tertiary/aromatic N) is 1. The van der Waals surface area contributed by atoms with Crippen LogP contribution in [0, 0.1) is 12.3 Å². The zero-order chi connectivity index (χ0) is 12.8. The molecule has 4 N–H and O–H groups in total. The largest absolute Gasteiger partial charge is 0.396 e. The molecular weight excluding hydrogens is 214 g/mol. The number of anilines is 1. The minimum Gasteiger partial charge on any atom is -0.396 e. The molecule has 0 unspecified atom stereocenters. The van der Waals surface area contributed by atoms with Crippen LogP contribution in [0.2, 0.25) is 0 Å². The van der Waals surface area contributed by atoms with Crippen LogP contribution in [0.4, 0.5) is 5.69 Å². The average Bonchev–Trinajstić information content (AvgIpc) is 2.31. The number of para-hydroxylation sites is 1. The van der Waals surface area contributed by atoms with E-state index >= 15 is 0 Å². The summed E-state index contributed by atoms with van der Waals surface area (Å²) in [5.74, 6) is 0.0890. The summed E-state index contributed by atoms with van der Waals surface area (Å²) < 4.78 is 0. The number of amidine groups is 1. The molecule has 0 heterocycles. The Labute approximate surface area is 103 Å². The van der Waals surface area contributed by atoms with Crippen LogP contribution >= 0.6 is 0 Å². The first-order valence-electron chi connectivity index (χ1n) is 5.91. The molecule has 0 aliphatic rings. The Bertz CT molecular complexity index is 390. The number of aryl methyl sites for hydroxylation is 1. The lowest BCUT2D eigenvalue weighted by atomic mass is 10.1. The molecule has 0 spiro atoms. The normalized spacial score (nSPS) is 10.3. The van der Waals surface area contributed by atoms with Crippen LogP contribution < -0.4 is 10.6 Å². The van der Waals surface area contributed by atoms with Gasteiger partial charge in [-0.25, -0.2) is 0 Å². The first-order chi connectivity index (χ1) is 8.11. The second-order valence-electron chi connectivity index (χ2n) is 4.04. The number of nitrogens with two attached hydrogens (primary N) is 1. The van der Waals surface area contributed by atoms with Gasteiger partial charge in [0.25, 0.3) is 0 Å². The van der Waals surface area contributed by atoms with Gasteiger partial charge in [-0.2, -0.15) is 0 Å². The smallest absolute Gasteiger partial charge is 0.124 e. The number of hydrogen-bond donors (Lipinski definition) is 3. The molecule has 0 aliphatic carbocycles. The van der Waals surface area contributed by atoms with Crippen LogP contribution in [-0.2, 0) is 0 Å². The van der Waals surface area contributed by atoms with Gasteiger partial charge in [-0.1, -0.05) is 12.1 Å². The summed E-state index contributed by atoms with van der Waals surface area (Å²) in [5.41, 5.74) is 8.50. The SMILES string of the molecule is CCN(CCCO)c1c(C)cccc1C(=N)N. The van der Waals surface area contributed by atoms with Gasteiger partial charge >= 0.3 is 0 Å². The van der Waals surface area contributed by atoms with Crippen molar-refractivity contribution in [2.45, 2.75) is 20.3 Å². The fourth-order valence-electron chi connectivity index (χ4n) is 1.99. The van der Waals surface area contributed by atoms with E-state index in [1.165, 1.54) is 0 Å². The zero-order valence-electron chi connectivity index (χ0n) is 10.5. The Morgan fingerprint density at radius 1 is 1.47 bits per heavy atom. The summed E-state index contributed by atoms with van der Waals surface area (Å²) >= 11 is 0. The third-order valence-electron chi connectivity index (χ3n) is 2.81. The Hall–Kier alpha value is -1.55. The van der Waals surface area contributed by atoms with Crippen molar-refractivity contribution in [1.29, 1.82) is 5.41 Å². The summed E-state index contributed by atoms with van der Waals surface area (Å²) in [6.07, 6.45) is 0.722. The molecule has 17 heavy (non-hydrogen) atoms. The number of rotatable bonds is 6. The maximum absolute atomic E-state index is 8.91. The lowest BCUT2D eigenvalue weighted by Crippen LogP contribution is -2.28. The number of aliphatic hydroxyl groups excluding tert-OH is 1. The fraction of sp³-hybridized carbons (Fsp3) is 0.462. The van der Waals surface area contributed by atoms with Crippen LogP contribution in [0.5, 0.6) is 0 Å². The molecule has 0 aliphatic heterocycles. The highest BCUT2D eigenvalue weighted by Gasteiger charge is 2.13. The summed E-state index contributed by atoms with van der Waals surface area (Å²) in [5, 5.41) is 16.5. The van der Waals surface area contributed by atoms with Gasteiger partial charge in [0, 0.05) is 25.3 Å². The number of aliphatic hydroxyl groups is 1. The van der Waals surface area contributed by atoms with E-state index < -0.39 is 0 Å². The molecule has 0 bridgehead atoms. The van der Waals surface area contributed by atoms with E-state index in [0.717, 1.165) is 36.3 Å². The van der Waals surface area contributed by atoms with Gasteiger partial charge in [0.1, 0.15) is 5.84 Å². The van der Waals surface area contributed by atoms with Crippen molar-refractivity contribution in [3.8, 4) is 0 Å². The van der Waals surface area contributed by atoms with Crippen molar-refractivity contribution in [3.63, 3.8) is 0 Å². The minimum atomic E-state index is 0.0890. The summed E-state index contributed by atoms with van der Waals surface area (Å²) in [6, 6.07) is 5.80. The lowest BCUT2D eigenvalue weighted by Gasteiger charge is -2.27. The van der Waals surface area contributed by atoms with Gasteiger partial charge < -0.3 is 15.7 Å². The molecule has 1 rings (SSSR count). The first-order valence-corrected chi connectivity index (χ1v) is 5.91. The summed E-state index contributed by atoms with van der Waals surface area (Å²) in [4.78, 5) is 2.16. The summed E-state index contributed by atoms with van der Waals surface area (Å²) in [6.45, 7) is 5.87. The maximum Gasteiger partial charge on any atom is 0.124 e. The highest BCUT2D eigenvalue weighted by atomic mass is 16.3. The summed E-state index contributed by atoms with van der Waals surface area (Å²) in [7, 11) is 0. The van der Waals surface area contributed by atoms with E-state index in [1.807, 2.05) is 25.1 Å². The Morgan fingerprint density at radius 3 is 2.71 bits per heavy atom. The van der Waals surface area contributed by atoms with Crippen molar-refractivity contribution in [3.05, 3.63) is 29.3 Å². The second-order valence-corrected chi connectivity index (χ2v) is 4.04. The first kappa shape index (κ1) is 13.5. The van der Waals surface area contributed by atoms with Gasteiger partial charge in [-0.15, -0.1) is 0 Å². The molecule has 0 radical (unpaired) electrons. The van der Waals surface area contributed by atoms with E-state index in [1.54, 1.807) is 0 Å². The molecule has 4 heteroatoms. The molecule has 1 aromatic rings. The molecule has 1 aromatic carbocycles. The van der Waals surface area contributed by atoms with Crippen molar-refractivity contribution in [2.24, 2.45) is 5.73 Å². The molecule has 0 saturated carbocycles. The molecule has 0 saturated heterocycles. The van der Waals surface area contributed by atoms with Gasteiger partial charge in [0.05, 0.1) is 5.69 Å². The quantitative estimate of drug-likeness (QED) is 0.516. The average molecular weight is 235 g/mol. The topological polar surface area (TPSA) is 73.3 Å². The van der Waals surface area contributed by atoms with Gasteiger partial charge in [0.15, 0.2) is 0 Å². The van der Waals surface area contributed by atoms with E-state index in [2.05, 4.69) is 11.8 Å². The highest BCUT2D eigenvalue weighted by Crippen LogP contribution is 2.24. The molecule has 0 amide bonds. The number of hydrogen-bond acceptors (Lipinski definition) is 3. The van der Waals surface area contributed by atoms with Crippen LogP contribution in [0.1, 0.15) is 24.5 Å². The molecule has 0 atom stereocenters. The van der Waals surface area contributed by atoms with E-state index in [-0.39, 0.29) is 12.4 Å². The number of benzene rings is 1. The standard InChI is InChI=1S/C13H21N3O/c1-3-16(8-5-9-17)12-10(2)6-4-7-11(12)13(14)15/h4,6-7,17H,3,5,8-9H2,1-2H3,(H3,14,15). The molecular formula is C13H21N3O. The molecule has 0 fully saturated rings. The van der Waals surface area contributed by atoms with Crippen LogP contribution in [-0.4, -0.2) is 30.6 Å². The van der Waals surface area contributed by atoms with E-state index in [9.17, 15) is 0 Å². The minimum absolute atomic E-state index is 0.0890. The Balaban J connectivity index is 3.11. The van der Waals surface area contributed by atoms with E-state index in [4.69, 9.17) is 16.2 Å². The Morgan fingerprint density at radius 2 is 2.18 bits per heavy atom.